The van der Waals surface area contributed by atoms with Gasteiger partial charge in [-0.25, -0.2) is 0 Å². The van der Waals surface area contributed by atoms with Crippen LogP contribution in [0.3, 0.4) is 0 Å². The molecule has 4 nitrogen and oxygen atoms in total. The van der Waals surface area contributed by atoms with Gasteiger partial charge in [0, 0.05) is 20.6 Å². The molecule has 0 radical (unpaired) electrons. The lowest BCUT2D eigenvalue weighted by atomic mass is 10.3. The Bertz CT molecular complexity index is 429. The van der Waals surface area contributed by atoms with Crippen molar-refractivity contribution in [1.82, 2.24) is 14.8 Å². The SMILES string of the molecule is C=CCC=CC=CCCN(C)c1nnc(C)n1C. The molecular formula is C14H22N4. The van der Waals surface area contributed by atoms with Gasteiger partial charge in [-0.1, -0.05) is 30.4 Å². The minimum absolute atomic E-state index is 0.906. The summed E-state index contributed by atoms with van der Waals surface area (Å²) in [6.07, 6.45) is 12.1. The van der Waals surface area contributed by atoms with Crippen LogP contribution >= 0.6 is 0 Å². The Kier molecular flexibility index (Phi) is 5.91. The molecule has 1 heterocycles. The van der Waals surface area contributed by atoms with E-state index in [4.69, 9.17) is 0 Å². The molecule has 0 aliphatic heterocycles. The molecule has 98 valence electrons. The van der Waals surface area contributed by atoms with Gasteiger partial charge in [0.25, 0.3) is 0 Å². The van der Waals surface area contributed by atoms with E-state index >= 15 is 0 Å². The molecule has 0 spiro atoms. The van der Waals surface area contributed by atoms with E-state index in [1.54, 1.807) is 0 Å². The fourth-order valence-corrected chi connectivity index (χ4v) is 1.52. The summed E-state index contributed by atoms with van der Waals surface area (Å²) in [6, 6.07) is 0. The maximum atomic E-state index is 4.14. The Balaban J connectivity index is 2.35. The molecule has 0 aliphatic rings. The summed E-state index contributed by atoms with van der Waals surface area (Å²) >= 11 is 0. The van der Waals surface area contributed by atoms with Crippen LogP contribution in [-0.4, -0.2) is 28.4 Å². The third-order valence-corrected chi connectivity index (χ3v) is 2.73. The molecule has 0 atom stereocenters. The average molecular weight is 246 g/mol. The van der Waals surface area contributed by atoms with Crippen molar-refractivity contribution in [3.8, 4) is 0 Å². The molecule has 0 saturated heterocycles. The number of allylic oxidation sites excluding steroid dienone is 4. The third-order valence-electron chi connectivity index (χ3n) is 2.73. The summed E-state index contributed by atoms with van der Waals surface area (Å²) in [5.74, 6) is 1.84. The molecule has 1 rings (SSSR count). The Morgan fingerprint density at radius 1 is 1.28 bits per heavy atom. The van der Waals surface area contributed by atoms with Crippen molar-refractivity contribution in [3.05, 3.63) is 42.8 Å². The number of hydrogen-bond acceptors (Lipinski definition) is 3. The summed E-state index contributed by atoms with van der Waals surface area (Å²) in [6.45, 7) is 6.55. The van der Waals surface area contributed by atoms with Crippen molar-refractivity contribution < 1.29 is 0 Å². The number of rotatable bonds is 7. The van der Waals surface area contributed by atoms with E-state index in [1.807, 2.05) is 37.7 Å². The summed E-state index contributed by atoms with van der Waals surface area (Å²) < 4.78 is 1.99. The van der Waals surface area contributed by atoms with Crippen LogP contribution in [0, 0.1) is 6.92 Å². The van der Waals surface area contributed by atoms with Crippen molar-refractivity contribution in [2.45, 2.75) is 19.8 Å². The molecular weight excluding hydrogens is 224 g/mol. The molecule has 0 bridgehead atoms. The number of aromatic nitrogens is 3. The van der Waals surface area contributed by atoms with Crippen molar-refractivity contribution >= 4 is 5.95 Å². The van der Waals surface area contributed by atoms with E-state index in [9.17, 15) is 0 Å². The van der Waals surface area contributed by atoms with Crippen molar-refractivity contribution in [1.29, 1.82) is 0 Å². The van der Waals surface area contributed by atoms with Crippen molar-refractivity contribution in [2.24, 2.45) is 7.05 Å². The fourth-order valence-electron chi connectivity index (χ4n) is 1.52. The van der Waals surface area contributed by atoms with Gasteiger partial charge in [0.05, 0.1) is 0 Å². The minimum atomic E-state index is 0.906. The molecule has 0 amide bonds. The lowest BCUT2D eigenvalue weighted by Gasteiger charge is -2.16. The van der Waals surface area contributed by atoms with Crippen LogP contribution in [0.2, 0.25) is 0 Å². The predicted octanol–water partition coefficient (Wildman–Crippen LogP) is 2.64. The van der Waals surface area contributed by atoms with Gasteiger partial charge in [-0.15, -0.1) is 16.8 Å². The number of anilines is 1. The molecule has 0 aromatic carbocycles. The Hall–Kier alpha value is -1.84. The summed E-state index contributed by atoms with van der Waals surface area (Å²) in [4.78, 5) is 2.11. The van der Waals surface area contributed by atoms with E-state index in [0.717, 1.165) is 31.2 Å². The van der Waals surface area contributed by atoms with Crippen LogP contribution in [0.25, 0.3) is 0 Å². The van der Waals surface area contributed by atoms with Crippen LogP contribution in [-0.2, 0) is 7.05 Å². The van der Waals surface area contributed by atoms with Gasteiger partial charge in [-0.2, -0.15) is 0 Å². The first-order valence-electron chi connectivity index (χ1n) is 6.16. The van der Waals surface area contributed by atoms with Crippen molar-refractivity contribution in [2.75, 3.05) is 18.5 Å². The molecule has 0 unspecified atom stereocenters. The largest absolute Gasteiger partial charge is 0.344 e. The van der Waals surface area contributed by atoms with Gasteiger partial charge in [-0.3, -0.25) is 0 Å². The molecule has 0 N–H and O–H groups in total. The van der Waals surface area contributed by atoms with E-state index in [2.05, 4.69) is 39.9 Å². The average Bonchev–Trinajstić information content (AvgIpc) is 2.69. The van der Waals surface area contributed by atoms with Gasteiger partial charge in [0.2, 0.25) is 5.95 Å². The van der Waals surface area contributed by atoms with Crippen LogP contribution in [0.4, 0.5) is 5.95 Å². The number of aryl methyl sites for hydroxylation is 1. The van der Waals surface area contributed by atoms with E-state index in [1.165, 1.54) is 0 Å². The van der Waals surface area contributed by atoms with E-state index in [-0.39, 0.29) is 0 Å². The third kappa shape index (κ3) is 4.20. The Morgan fingerprint density at radius 2 is 2.00 bits per heavy atom. The Labute approximate surface area is 109 Å². The second-order valence-electron chi connectivity index (χ2n) is 4.20. The van der Waals surface area contributed by atoms with Gasteiger partial charge in [0.1, 0.15) is 5.82 Å². The number of hydrogen-bond donors (Lipinski definition) is 0. The van der Waals surface area contributed by atoms with Crippen LogP contribution in [0.15, 0.2) is 37.0 Å². The van der Waals surface area contributed by atoms with E-state index < -0.39 is 0 Å². The highest BCUT2D eigenvalue weighted by molar-refractivity contribution is 5.29. The lowest BCUT2D eigenvalue weighted by molar-refractivity contribution is 0.787. The number of nitrogens with zero attached hydrogens (tertiary/aromatic N) is 4. The summed E-state index contributed by atoms with van der Waals surface area (Å²) in [7, 11) is 4.01. The zero-order valence-corrected chi connectivity index (χ0v) is 11.5. The maximum absolute atomic E-state index is 4.14. The van der Waals surface area contributed by atoms with Gasteiger partial charge < -0.3 is 9.47 Å². The monoisotopic (exact) mass is 246 g/mol. The minimum Gasteiger partial charge on any atom is -0.344 e. The van der Waals surface area contributed by atoms with Crippen molar-refractivity contribution in [3.63, 3.8) is 0 Å². The van der Waals surface area contributed by atoms with Gasteiger partial charge in [-0.05, 0) is 19.8 Å². The highest BCUT2D eigenvalue weighted by Gasteiger charge is 2.08. The van der Waals surface area contributed by atoms with Crippen LogP contribution in [0.5, 0.6) is 0 Å². The van der Waals surface area contributed by atoms with Gasteiger partial charge >= 0.3 is 0 Å². The second kappa shape index (κ2) is 7.48. The van der Waals surface area contributed by atoms with Crippen LogP contribution < -0.4 is 4.90 Å². The second-order valence-corrected chi connectivity index (χ2v) is 4.20. The summed E-state index contributed by atoms with van der Waals surface area (Å²) in [5.41, 5.74) is 0. The molecule has 1 aromatic rings. The predicted molar refractivity (Wildman–Crippen MR) is 76.7 cm³/mol. The molecule has 4 heteroatoms. The van der Waals surface area contributed by atoms with E-state index in [0.29, 0.717) is 0 Å². The first-order chi connectivity index (χ1) is 8.66. The molecule has 0 fully saturated rings. The topological polar surface area (TPSA) is 34.0 Å². The zero-order valence-electron chi connectivity index (χ0n) is 11.5. The van der Waals surface area contributed by atoms with Crippen LogP contribution in [0.1, 0.15) is 18.7 Å². The maximum Gasteiger partial charge on any atom is 0.226 e. The summed E-state index contributed by atoms with van der Waals surface area (Å²) in [5, 5.41) is 8.19. The lowest BCUT2D eigenvalue weighted by Crippen LogP contribution is -2.21. The molecule has 18 heavy (non-hydrogen) atoms. The molecule has 1 aromatic heterocycles. The highest BCUT2D eigenvalue weighted by Crippen LogP contribution is 2.09. The fraction of sp³-hybridized carbons (Fsp3) is 0.429. The molecule has 0 saturated carbocycles. The quantitative estimate of drug-likeness (QED) is 0.548. The highest BCUT2D eigenvalue weighted by atomic mass is 15.4. The first kappa shape index (κ1) is 14.2. The molecule has 0 aliphatic carbocycles. The van der Waals surface area contributed by atoms with Gasteiger partial charge in [0.15, 0.2) is 0 Å². The normalized spacial score (nSPS) is 11.5. The standard InChI is InChI=1S/C14H22N4/c1-5-6-7-8-9-10-11-12-17(3)14-16-15-13(2)18(14)4/h5,7-10H,1,6,11-12H2,2-4H3. The smallest absolute Gasteiger partial charge is 0.226 e. The zero-order chi connectivity index (χ0) is 13.4. The Morgan fingerprint density at radius 3 is 2.61 bits per heavy atom. The first-order valence-corrected chi connectivity index (χ1v) is 6.16.